The molecule has 0 bridgehead atoms. The number of aliphatic hydroxyl groups is 1. The van der Waals surface area contributed by atoms with Crippen LogP contribution in [0.3, 0.4) is 0 Å². The van der Waals surface area contributed by atoms with Crippen molar-refractivity contribution in [3.05, 3.63) is 75.3 Å². The van der Waals surface area contributed by atoms with Crippen LogP contribution in [0, 0.1) is 5.92 Å². The number of hydrogen-bond donors (Lipinski definition) is 1. The van der Waals surface area contributed by atoms with Crippen LogP contribution in [0.4, 0.5) is 0 Å². The van der Waals surface area contributed by atoms with Gasteiger partial charge in [-0.1, -0.05) is 60.5 Å². The summed E-state index contributed by atoms with van der Waals surface area (Å²) in [5.74, 6) is 0.280. The third-order valence-electron chi connectivity index (χ3n) is 5.43. The van der Waals surface area contributed by atoms with Crippen LogP contribution in [-0.2, 0) is 5.60 Å². The van der Waals surface area contributed by atoms with Crippen molar-refractivity contribution in [3.8, 4) is 0 Å². The van der Waals surface area contributed by atoms with E-state index in [1.54, 1.807) is 0 Å². The second kappa shape index (κ2) is 7.74. The number of nitrogens with zero attached hydrogens (tertiary/aromatic N) is 1. The molecule has 1 fully saturated rings. The average Bonchev–Trinajstić information content (AvgIpc) is 2.60. The van der Waals surface area contributed by atoms with Gasteiger partial charge in [0, 0.05) is 16.1 Å². The Labute approximate surface area is 166 Å². The monoisotopic (exact) mass is 389 g/mol. The molecule has 0 aromatic heterocycles. The largest absolute Gasteiger partial charge is 0.379 e. The molecule has 0 spiro atoms. The predicted molar refractivity (Wildman–Crippen MR) is 111 cm³/mol. The number of halogens is 2. The van der Waals surface area contributed by atoms with Crippen molar-refractivity contribution < 1.29 is 5.11 Å². The van der Waals surface area contributed by atoms with E-state index in [9.17, 15) is 5.11 Å². The quantitative estimate of drug-likeness (QED) is 0.735. The summed E-state index contributed by atoms with van der Waals surface area (Å²) in [4.78, 5) is 2.12. The molecule has 138 valence electrons. The molecule has 2 aromatic rings. The summed E-state index contributed by atoms with van der Waals surface area (Å²) in [5, 5.41) is 13.4. The van der Waals surface area contributed by atoms with E-state index in [0.29, 0.717) is 10.0 Å². The maximum absolute atomic E-state index is 12.0. The van der Waals surface area contributed by atoms with Gasteiger partial charge in [0.2, 0.25) is 0 Å². The van der Waals surface area contributed by atoms with E-state index in [-0.39, 0.29) is 12.0 Å². The number of hydrogen-bond acceptors (Lipinski definition) is 2. The summed E-state index contributed by atoms with van der Waals surface area (Å²) in [6, 6.07) is 15.3. The Morgan fingerprint density at radius 2 is 1.50 bits per heavy atom. The Kier molecular flexibility index (Phi) is 5.78. The van der Waals surface area contributed by atoms with Gasteiger partial charge in [-0.2, -0.15) is 0 Å². The molecular weight excluding hydrogens is 365 g/mol. The minimum Gasteiger partial charge on any atom is -0.379 e. The lowest BCUT2D eigenvalue weighted by atomic mass is 9.67. The van der Waals surface area contributed by atoms with Crippen molar-refractivity contribution in [1.29, 1.82) is 0 Å². The van der Waals surface area contributed by atoms with Crippen molar-refractivity contribution in [3.63, 3.8) is 0 Å². The number of rotatable bonds is 3. The lowest BCUT2D eigenvalue weighted by Gasteiger charge is -2.48. The van der Waals surface area contributed by atoms with Crippen LogP contribution in [0.1, 0.15) is 30.9 Å². The standard InChI is InChI=1S/C22H25Cl2NO/c1-15-4-13-21(25(2)3)22(26,17-7-11-19(24)12-8-17)20(15)14-16-5-9-18(23)10-6-16/h5-12,14-15,21,26H,4,13H2,1-3H3. The molecular formula is C22H25Cl2NO. The van der Waals surface area contributed by atoms with Crippen molar-refractivity contribution >= 4 is 29.3 Å². The van der Waals surface area contributed by atoms with Gasteiger partial charge in [-0.25, -0.2) is 0 Å². The maximum Gasteiger partial charge on any atom is 0.127 e. The van der Waals surface area contributed by atoms with E-state index in [4.69, 9.17) is 23.2 Å². The molecule has 0 amide bonds. The van der Waals surface area contributed by atoms with Gasteiger partial charge in [-0.3, -0.25) is 0 Å². The lowest BCUT2D eigenvalue weighted by Crippen LogP contribution is -2.53. The Bertz CT molecular complexity index is 783. The molecule has 0 aliphatic heterocycles. The van der Waals surface area contributed by atoms with Crippen LogP contribution >= 0.6 is 23.2 Å². The zero-order valence-corrected chi connectivity index (χ0v) is 16.9. The molecule has 1 aliphatic carbocycles. The first-order valence-electron chi connectivity index (χ1n) is 8.95. The second-order valence-corrected chi connectivity index (χ2v) is 8.26. The third kappa shape index (κ3) is 3.70. The third-order valence-corrected chi connectivity index (χ3v) is 5.93. The number of likely N-dealkylation sites (N-methyl/N-ethyl adjacent to an activating group) is 1. The van der Waals surface area contributed by atoms with Gasteiger partial charge in [-0.05, 0) is 73.8 Å². The van der Waals surface area contributed by atoms with E-state index in [1.807, 2.05) is 62.6 Å². The van der Waals surface area contributed by atoms with Gasteiger partial charge >= 0.3 is 0 Å². The van der Waals surface area contributed by atoms with E-state index in [1.165, 1.54) is 0 Å². The topological polar surface area (TPSA) is 23.5 Å². The molecule has 1 aliphatic rings. The fraction of sp³-hybridized carbons (Fsp3) is 0.364. The predicted octanol–water partition coefficient (Wildman–Crippen LogP) is 5.62. The normalized spacial score (nSPS) is 27.9. The Morgan fingerprint density at radius 3 is 2.04 bits per heavy atom. The molecule has 26 heavy (non-hydrogen) atoms. The zero-order chi connectivity index (χ0) is 18.9. The van der Waals surface area contributed by atoms with Gasteiger partial charge in [0.1, 0.15) is 5.60 Å². The van der Waals surface area contributed by atoms with Crippen LogP contribution < -0.4 is 0 Å². The van der Waals surface area contributed by atoms with Crippen molar-refractivity contribution in [2.24, 2.45) is 5.92 Å². The Balaban J connectivity index is 2.16. The van der Waals surface area contributed by atoms with Gasteiger partial charge in [-0.15, -0.1) is 0 Å². The van der Waals surface area contributed by atoms with Crippen LogP contribution in [0.5, 0.6) is 0 Å². The first kappa shape index (κ1) is 19.4. The molecule has 1 saturated carbocycles. The van der Waals surface area contributed by atoms with E-state index >= 15 is 0 Å². The van der Waals surface area contributed by atoms with E-state index < -0.39 is 5.60 Å². The first-order chi connectivity index (χ1) is 12.3. The zero-order valence-electron chi connectivity index (χ0n) is 15.4. The molecule has 2 aromatic carbocycles. The molecule has 0 saturated heterocycles. The summed E-state index contributed by atoms with van der Waals surface area (Å²) in [6.45, 7) is 2.19. The Morgan fingerprint density at radius 1 is 0.962 bits per heavy atom. The fourth-order valence-corrected chi connectivity index (χ4v) is 4.28. The van der Waals surface area contributed by atoms with Gasteiger partial charge < -0.3 is 10.0 Å². The van der Waals surface area contributed by atoms with Crippen LogP contribution in [0.15, 0.2) is 54.1 Å². The van der Waals surface area contributed by atoms with Gasteiger partial charge in [0.15, 0.2) is 0 Å². The smallest absolute Gasteiger partial charge is 0.127 e. The summed E-state index contributed by atoms with van der Waals surface area (Å²) >= 11 is 12.1. The molecule has 2 nitrogen and oxygen atoms in total. The highest BCUT2D eigenvalue weighted by molar-refractivity contribution is 6.30. The highest BCUT2D eigenvalue weighted by Gasteiger charge is 2.47. The summed E-state index contributed by atoms with van der Waals surface area (Å²) < 4.78 is 0. The summed E-state index contributed by atoms with van der Waals surface area (Å²) in [5.41, 5.74) is 1.90. The molecule has 4 heteroatoms. The highest BCUT2D eigenvalue weighted by Crippen LogP contribution is 2.47. The minimum absolute atomic E-state index is 0.00146. The van der Waals surface area contributed by atoms with Crippen molar-refractivity contribution in [1.82, 2.24) is 4.90 Å². The lowest BCUT2D eigenvalue weighted by molar-refractivity contribution is -0.0336. The van der Waals surface area contributed by atoms with Crippen molar-refractivity contribution in [2.45, 2.75) is 31.4 Å². The Hall–Kier alpha value is -1.32. The minimum atomic E-state index is -1.06. The van der Waals surface area contributed by atoms with E-state index in [2.05, 4.69) is 17.9 Å². The molecule has 3 atom stereocenters. The van der Waals surface area contributed by atoms with Gasteiger partial charge in [0.25, 0.3) is 0 Å². The van der Waals surface area contributed by atoms with Crippen LogP contribution in [0.25, 0.3) is 6.08 Å². The molecule has 1 N–H and O–H groups in total. The highest BCUT2D eigenvalue weighted by atomic mass is 35.5. The molecule has 3 rings (SSSR count). The number of benzene rings is 2. The molecule has 0 radical (unpaired) electrons. The summed E-state index contributed by atoms with van der Waals surface area (Å²) in [7, 11) is 4.06. The van der Waals surface area contributed by atoms with Crippen molar-refractivity contribution in [2.75, 3.05) is 14.1 Å². The average molecular weight is 390 g/mol. The molecule has 0 heterocycles. The van der Waals surface area contributed by atoms with Crippen LogP contribution in [0.2, 0.25) is 10.0 Å². The maximum atomic E-state index is 12.0. The van der Waals surface area contributed by atoms with E-state index in [0.717, 1.165) is 29.5 Å². The first-order valence-corrected chi connectivity index (χ1v) is 9.70. The second-order valence-electron chi connectivity index (χ2n) is 7.38. The fourth-order valence-electron chi connectivity index (χ4n) is 4.03. The molecule has 3 unspecified atom stereocenters. The van der Waals surface area contributed by atoms with Gasteiger partial charge in [0.05, 0.1) is 0 Å². The van der Waals surface area contributed by atoms with Crippen LogP contribution in [-0.4, -0.2) is 30.1 Å². The summed E-state index contributed by atoms with van der Waals surface area (Å²) in [6.07, 6.45) is 4.09. The SMILES string of the molecule is CC1CCC(N(C)C)C(O)(c2ccc(Cl)cc2)C1=Cc1ccc(Cl)cc1.